The largest absolute Gasteiger partial charge is 0.352 e. The topological polar surface area (TPSA) is 85.2 Å². The fourth-order valence-corrected chi connectivity index (χ4v) is 4.09. The van der Waals surface area contributed by atoms with Crippen molar-refractivity contribution in [3.8, 4) is 6.07 Å². The number of carbonyl (C=O) groups excluding carboxylic acids is 2. The van der Waals surface area contributed by atoms with Crippen molar-refractivity contribution in [2.24, 2.45) is 5.92 Å². The standard InChI is InChI=1S/C18H22N4O2S/c19-6-9-22-7-3-13(4-8-22)12-20-18(24)14-1-2-16-15(11-14)21-17(23)5-10-25-16/h1-2,11,13H,3-5,7-10,12H2,(H,20,24)(H,21,23). The number of piperidine rings is 1. The lowest BCUT2D eigenvalue weighted by atomic mass is 9.96. The minimum Gasteiger partial charge on any atom is -0.352 e. The summed E-state index contributed by atoms with van der Waals surface area (Å²) in [7, 11) is 0. The Balaban J connectivity index is 1.54. The van der Waals surface area contributed by atoms with Crippen LogP contribution in [-0.4, -0.2) is 48.6 Å². The van der Waals surface area contributed by atoms with Crippen molar-refractivity contribution in [2.75, 3.05) is 37.2 Å². The third-order valence-electron chi connectivity index (χ3n) is 4.66. The number of fused-ring (bicyclic) bond motifs is 1. The summed E-state index contributed by atoms with van der Waals surface area (Å²) in [4.78, 5) is 27.3. The predicted molar refractivity (Wildman–Crippen MR) is 97.5 cm³/mol. The van der Waals surface area contributed by atoms with Gasteiger partial charge in [0.05, 0.1) is 18.3 Å². The molecule has 1 aromatic carbocycles. The Labute approximate surface area is 151 Å². The van der Waals surface area contributed by atoms with Gasteiger partial charge in [-0.25, -0.2) is 0 Å². The van der Waals surface area contributed by atoms with Gasteiger partial charge in [0, 0.05) is 29.2 Å². The number of benzene rings is 1. The fourth-order valence-electron chi connectivity index (χ4n) is 3.15. The lowest BCUT2D eigenvalue weighted by Gasteiger charge is -2.30. The van der Waals surface area contributed by atoms with Crippen LogP contribution in [0.3, 0.4) is 0 Å². The molecular weight excluding hydrogens is 336 g/mol. The van der Waals surface area contributed by atoms with Crippen molar-refractivity contribution < 1.29 is 9.59 Å². The third-order valence-corrected chi connectivity index (χ3v) is 5.73. The summed E-state index contributed by atoms with van der Waals surface area (Å²) in [5.74, 6) is 1.10. The first kappa shape index (κ1) is 17.8. The van der Waals surface area contributed by atoms with Crippen molar-refractivity contribution in [2.45, 2.75) is 24.2 Å². The summed E-state index contributed by atoms with van der Waals surface area (Å²) in [6, 6.07) is 7.66. The second-order valence-electron chi connectivity index (χ2n) is 6.45. The van der Waals surface area contributed by atoms with E-state index in [-0.39, 0.29) is 11.8 Å². The number of nitriles is 1. The summed E-state index contributed by atoms with van der Waals surface area (Å²) in [6.07, 6.45) is 2.49. The van der Waals surface area contributed by atoms with E-state index in [0.717, 1.165) is 42.3 Å². The second-order valence-corrected chi connectivity index (χ2v) is 7.58. The van der Waals surface area contributed by atoms with E-state index in [2.05, 4.69) is 21.6 Å². The van der Waals surface area contributed by atoms with Gasteiger partial charge in [0.15, 0.2) is 0 Å². The second kappa shape index (κ2) is 8.37. The smallest absolute Gasteiger partial charge is 0.251 e. The van der Waals surface area contributed by atoms with Crippen LogP contribution in [0.2, 0.25) is 0 Å². The number of nitrogens with one attached hydrogen (secondary N) is 2. The maximum absolute atomic E-state index is 12.4. The summed E-state index contributed by atoms with van der Waals surface area (Å²) >= 11 is 1.63. The van der Waals surface area contributed by atoms with Gasteiger partial charge in [-0.05, 0) is 50.0 Å². The molecular formula is C18H22N4O2S. The van der Waals surface area contributed by atoms with E-state index >= 15 is 0 Å². The first-order valence-corrected chi connectivity index (χ1v) is 9.58. The minimum atomic E-state index is -0.106. The molecule has 2 aliphatic heterocycles. The highest BCUT2D eigenvalue weighted by Crippen LogP contribution is 2.31. The van der Waals surface area contributed by atoms with E-state index in [4.69, 9.17) is 5.26 Å². The SMILES string of the molecule is N#CCN1CCC(CNC(=O)c2ccc3c(c2)NC(=O)CCS3)CC1. The molecule has 7 heteroatoms. The lowest BCUT2D eigenvalue weighted by molar-refractivity contribution is -0.115. The highest BCUT2D eigenvalue weighted by atomic mass is 32.2. The van der Waals surface area contributed by atoms with Crippen LogP contribution in [-0.2, 0) is 4.79 Å². The van der Waals surface area contributed by atoms with Crippen LogP contribution in [0.15, 0.2) is 23.1 Å². The average molecular weight is 358 g/mol. The molecule has 0 radical (unpaired) electrons. The van der Waals surface area contributed by atoms with Gasteiger partial charge in [0.1, 0.15) is 0 Å². The van der Waals surface area contributed by atoms with E-state index in [0.29, 0.717) is 31.0 Å². The average Bonchev–Trinajstić information content (AvgIpc) is 2.81. The molecule has 0 spiro atoms. The number of nitrogens with zero attached hydrogens (tertiary/aromatic N) is 2. The summed E-state index contributed by atoms with van der Waals surface area (Å²) < 4.78 is 0. The summed E-state index contributed by atoms with van der Waals surface area (Å²) in [5, 5.41) is 14.6. The van der Waals surface area contributed by atoms with Crippen LogP contribution < -0.4 is 10.6 Å². The van der Waals surface area contributed by atoms with E-state index in [1.807, 2.05) is 12.1 Å². The van der Waals surface area contributed by atoms with Gasteiger partial charge in [-0.15, -0.1) is 11.8 Å². The molecule has 2 amide bonds. The molecule has 132 valence electrons. The first-order valence-electron chi connectivity index (χ1n) is 8.60. The Morgan fingerprint density at radius 2 is 2.20 bits per heavy atom. The number of rotatable bonds is 4. The summed E-state index contributed by atoms with van der Waals surface area (Å²) in [6.45, 7) is 2.96. The molecule has 3 rings (SSSR count). The molecule has 0 atom stereocenters. The van der Waals surface area contributed by atoms with Crippen LogP contribution >= 0.6 is 11.8 Å². The molecule has 1 saturated heterocycles. The molecule has 1 fully saturated rings. The lowest BCUT2D eigenvalue weighted by Crippen LogP contribution is -2.38. The number of amides is 2. The Morgan fingerprint density at radius 1 is 1.40 bits per heavy atom. The van der Waals surface area contributed by atoms with Crippen molar-refractivity contribution in [3.63, 3.8) is 0 Å². The molecule has 1 aromatic rings. The zero-order chi connectivity index (χ0) is 17.6. The van der Waals surface area contributed by atoms with Gasteiger partial charge >= 0.3 is 0 Å². The highest BCUT2D eigenvalue weighted by Gasteiger charge is 2.20. The maximum atomic E-state index is 12.4. The predicted octanol–water partition coefficient (Wildman–Crippen LogP) is 2.09. The fraction of sp³-hybridized carbons (Fsp3) is 0.500. The zero-order valence-electron chi connectivity index (χ0n) is 14.1. The van der Waals surface area contributed by atoms with Gasteiger partial charge in [-0.3, -0.25) is 14.5 Å². The number of hydrogen-bond donors (Lipinski definition) is 2. The number of hydrogen-bond acceptors (Lipinski definition) is 5. The summed E-state index contributed by atoms with van der Waals surface area (Å²) in [5.41, 5.74) is 1.30. The van der Waals surface area contributed by atoms with E-state index < -0.39 is 0 Å². The van der Waals surface area contributed by atoms with Crippen molar-refractivity contribution in [1.29, 1.82) is 5.26 Å². The van der Waals surface area contributed by atoms with Crippen LogP contribution in [0.4, 0.5) is 5.69 Å². The Morgan fingerprint density at radius 3 is 2.96 bits per heavy atom. The van der Waals surface area contributed by atoms with E-state index in [9.17, 15) is 9.59 Å². The Kier molecular flexibility index (Phi) is 5.95. The molecule has 25 heavy (non-hydrogen) atoms. The van der Waals surface area contributed by atoms with Gasteiger partial charge < -0.3 is 10.6 Å². The number of anilines is 1. The van der Waals surface area contributed by atoms with Crippen molar-refractivity contribution in [1.82, 2.24) is 10.2 Å². The molecule has 2 N–H and O–H groups in total. The molecule has 0 aliphatic carbocycles. The van der Waals surface area contributed by atoms with Crippen LogP contribution in [0.25, 0.3) is 0 Å². The van der Waals surface area contributed by atoms with Crippen molar-refractivity contribution in [3.05, 3.63) is 23.8 Å². The maximum Gasteiger partial charge on any atom is 0.251 e. The normalized spacial score (nSPS) is 18.6. The van der Waals surface area contributed by atoms with E-state index in [1.54, 1.807) is 17.8 Å². The van der Waals surface area contributed by atoms with Crippen LogP contribution in [0, 0.1) is 17.2 Å². The molecule has 2 aliphatic rings. The van der Waals surface area contributed by atoms with Crippen molar-refractivity contribution >= 4 is 29.3 Å². The number of carbonyl (C=O) groups is 2. The van der Waals surface area contributed by atoms with Gasteiger partial charge in [0.2, 0.25) is 5.91 Å². The zero-order valence-corrected chi connectivity index (χ0v) is 14.9. The first-order chi connectivity index (χ1) is 12.2. The van der Waals surface area contributed by atoms with Crippen LogP contribution in [0.5, 0.6) is 0 Å². The molecule has 6 nitrogen and oxygen atoms in total. The molecule has 0 saturated carbocycles. The number of likely N-dealkylation sites (tertiary alicyclic amines) is 1. The highest BCUT2D eigenvalue weighted by molar-refractivity contribution is 7.99. The molecule has 0 bridgehead atoms. The Bertz CT molecular complexity index is 693. The molecule has 2 heterocycles. The van der Waals surface area contributed by atoms with Gasteiger partial charge in [-0.1, -0.05) is 0 Å². The number of thioether (sulfide) groups is 1. The third kappa shape index (κ3) is 4.74. The van der Waals surface area contributed by atoms with Crippen LogP contribution in [0.1, 0.15) is 29.6 Å². The quantitative estimate of drug-likeness (QED) is 0.805. The Hall–Kier alpha value is -2.04. The molecule has 0 aromatic heterocycles. The monoisotopic (exact) mass is 358 g/mol. The molecule has 0 unspecified atom stereocenters. The van der Waals surface area contributed by atoms with E-state index in [1.165, 1.54) is 0 Å². The minimum absolute atomic E-state index is 0.00654. The van der Waals surface area contributed by atoms with Gasteiger partial charge in [-0.2, -0.15) is 5.26 Å². The van der Waals surface area contributed by atoms with Gasteiger partial charge in [0.25, 0.3) is 5.91 Å².